The molecule has 0 radical (unpaired) electrons. The molecule has 13 heteroatoms. The quantitative estimate of drug-likeness (QED) is 0.217. The standard InChI is InChI=1S/C25H24F2N6O5/c1-32-9-8-29-23(32)15-4-3-5-16(11-15)37-24-20(26)22(33(2)13-19(35)36)21(27)25(31-24)38-18-10-14(12-30-28)6-7-17(18)34/h3-7,10-12,34H,8-9,13,28H2,1-2H3,(H,35,36). The third kappa shape index (κ3) is 5.56. The molecule has 1 aliphatic rings. The molecule has 4 rings (SSSR count). The second-order valence-electron chi connectivity index (χ2n) is 8.31. The Balaban J connectivity index is 1.77. The number of nitrogens with two attached hydrogens (primary N) is 1. The summed E-state index contributed by atoms with van der Waals surface area (Å²) in [5.74, 6) is 0.145. The Labute approximate surface area is 216 Å². The SMILES string of the molecule is CN1CCN=C1c1cccc(Oc2nc(Oc3cc(C=NN)ccc3O)c(F)c(N(C)CC(=O)O)c2F)c1. The van der Waals surface area contributed by atoms with Gasteiger partial charge in [-0.1, -0.05) is 12.1 Å². The van der Waals surface area contributed by atoms with Crippen LogP contribution in [-0.2, 0) is 4.79 Å². The largest absolute Gasteiger partial charge is 0.504 e. The van der Waals surface area contributed by atoms with Crippen molar-refractivity contribution in [3.8, 4) is 29.0 Å². The molecule has 0 saturated carbocycles. The summed E-state index contributed by atoms with van der Waals surface area (Å²) >= 11 is 0. The number of hydrogen-bond donors (Lipinski definition) is 3. The number of aliphatic imine (C=N–C) groups is 1. The van der Waals surface area contributed by atoms with Gasteiger partial charge >= 0.3 is 5.97 Å². The molecule has 1 aromatic heterocycles. The highest BCUT2D eigenvalue weighted by molar-refractivity contribution is 5.99. The summed E-state index contributed by atoms with van der Waals surface area (Å²) in [6.45, 7) is 0.655. The van der Waals surface area contributed by atoms with Gasteiger partial charge in [-0.2, -0.15) is 18.9 Å². The molecule has 0 atom stereocenters. The first kappa shape index (κ1) is 26.1. The van der Waals surface area contributed by atoms with E-state index < -0.39 is 41.6 Å². The first-order chi connectivity index (χ1) is 18.2. The topological polar surface area (TPSA) is 146 Å². The first-order valence-corrected chi connectivity index (χ1v) is 11.3. The van der Waals surface area contributed by atoms with Crippen LogP contribution < -0.4 is 20.2 Å². The van der Waals surface area contributed by atoms with Crippen molar-refractivity contribution in [2.45, 2.75) is 0 Å². The second-order valence-corrected chi connectivity index (χ2v) is 8.31. The van der Waals surface area contributed by atoms with Gasteiger partial charge in [-0.05, 0) is 35.9 Å². The number of carbonyl (C=O) groups is 1. The normalized spacial score (nSPS) is 13.1. The number of likely N-dealkylation sites (N-methyl/N-ethyl adjacent to an activating group) is 2. The Hall–Kier alpha value is -4.94. The number of aliphatic carboxylic acids is 1. The van der Waals surface area contributed by atoms with E-state index in [1.807, 2.05) is 18.0 Å². The summed E-state index contributed by atoms with van der Waals surface area (Å²) in [5, 5.41) is 22.8. The number of phenols is 1. The molecule has 2 heterocycles. The lowest BCUT2D eigenvalue weighted by molar-refractivity contribution is -0.135. The van der Waals surface area contributed by atoms with Gasteiger partial charge in [0.25, 0.3) is 11.8 Å². The minimum atomic E-state index is -1.33. The monoisotopic (exact) mass is 526 g/mol. The molecule has 0 spiro atoms. The molecule has 11 nitrogen and oxygen atoms in total. The van der Waals surface area contributed by atoms with Crippen molar-refractivity contribution in [3.05, 3.63) is 65.2 Å². The van der Waals surface area contributed by atoms with E-state index in [2.05, 4.69) is 15.1 Å². The fraction of sp³-hybridized carbons (Fsp3) is 0.200. The fourth-order valence-electron chi connectivity index (χ4n) is 3.78. The highest BCUT2D eigenvalue weighted by Crippen LogP contribution is 2.39. The number of hydrogen-bond acceptors (Lipinski definition) is 10. The van der Waals surface area contributed by atoms with Crippen LogP contribution in [0.4, 0.5) is 14.5 Å². The summed E-state index contributed by atoms with van der Waals surface area (Å²) in [5.41, 5.74) is 0.384. The predicted molar refractivity (Wildman–Crippen MR) is 136 cm³/mol. The molecule has 0 amide bonds. The number of aromatic nitrogens is 1. The van der Waals surface area contributed by atoms with Crippen molar-refractivity contribution < 1.29 is 33.3 Å². The van der Waals surface area contributed by atoms with Crippen LogP contribution in [0.5, 0.6) is 29.0 Å². The average molecular weight is 527 g/mol. The zero-order chi connectivity index (χ0) is 27.4. The number of ether oxygens (including phenoxy) is 2. The zero-order valence-electron chi connectivity index (χ0n) is 20.4. The van der Waals surface area contributed by atoms with Gasteiger partial charge in [-0.25, -0.2) is 0 Å². The van der Waals surface area contributed by atoms with Gasteiger partial charge < -0.3 is 35.3 Å². The minimum absolute atomic E-state index is 0.172. The Morgan fingerprint density at radius 2 is 1.95 bits per heavy atom. The van der Waals surface area contributed by atoms with Crippen molar-refractivity contribution >= 4 is 23.7 Å². The molecule has 3 aromatic rings. The van der Waals surface area contributed by atoms with E-state index in [0.717, 1.165) is 17.3 Å². The van der Waals surface area contributed by atoms with E-state index >= 15 is 8.78 Å². The number of halogens is 2. The van der Waals surface area contributed by atoms with E-state index in [1.54, 1.807) is 18.2 Å². The van der Waals surface area contributed by atoms with Crippen LogP contribution in [0, 0.1) is 11.6 Å². The van der Waals surface area contributed by atoms with E-state index in [0.29, 0.717) is 17.7 Å². The van der Waals surface area contributed by atoms with Crippen LogP contribution in [0.15, 0.2) is 52.6 Å². The average Bonchev–Trinajstić information content (AvgIpc) is 3.30. The highest BCUT2D eigenvalue weighted by atomic mass is 19.1. The molecule has 0 saturated heterocycles. The minimum Gasteiger partial charge on any atom is -0.504 e. The first-order valence-electron chi connectivity index (χ1n) is 11.3. The molecule has 2 aromatic carbocycles. The third-order valence-corrected chi connectivity index (χ3v) is 5.53. The van der Waals surface area contributed by atoms with E-state index in [1.165, 1.54) is 31.5 Å². The summed E-state index contributed by atoms with van der Waals surface area (Å²) in [6, 6.07) is 10.7. The number of benzene rings is 2. The zero-order valence-corrected chi connectivity index (χ0v) is 20.4. The van der Waals surface area contributed by atoms with Gasteiger partial charge in [-0.15, -0.1) is 0 Å². The molecule has 38 heavy (non-hydrogen) atoms. The van der Waals surface area contributed by atoms with E-state index in [-0.39, 0.29) is 17.2 Å². The van der Waals surface area contributed by atoms with Crippen LogP contribution in [0.1, 0.15) is 11.1 Å². The van der Waals surface area contributed by atoms with Crippen LogP contribution >= 0.6 is 0 Å². The number of nitrogens with zero attached hydrogens (tertiary/aromatic N) is 5. The molecule has 0 fully saturated rings. The lowest BCUT2D eigenvalue weighted by Crippen LogP contribution is -2.27. The summed E-state index contributed by atoms with van der Waals surface area (Å²) in [4.78, 5) is 22.4. The van der Waals surface area contributed by atoms with Crippen LogP contribution in [0.25, 0.3) is 0 Å². The number of aromatic hydroxyl groups is 1. The highest BCUT2D eigenvalue weighted by Gasteiger charge is 2.28. The summed E-state index contributed by atoms with van der Waals surface area (Å²) in [7, 11) is 3.08. The molecule has 0 aliphatic carbocycles. The number of phenolic OH excluding ortho intramolecular Hbond substituents is 1. The Kier molecular flexibility index (Phi) is 7.55. The van der Waals surface area contributed by atoms with Crippen molar-refractivity contribution in [3.63, 3.8) is 0 Å². The van der Waals surface area contributed by atoms with Crippen LogP contribution in [0.3, 0.4) is 0 Å². The van der Waals surface area contributed by atoms with Crippen molar-refractivity contribution in [1.29, 1.82) is 0 Å². The number of hydrazone groups is 1. The number of pyridine rings is 1. The maximum absolute atomic E-state index is 15.5. The van der Waals surface area contributed by atoms with Gasteiger partial charge in [0.2, 0.25) is 11.6 Å². The lowest BCUT2D eigenvalue weighted by atomic mass is 10.2. The van der Waals surface area contributed by atoms with Gasteiger partial charge in [0.15, 0.2) is 11.5 Å². The number of anilines is 1. The van der Waals surface area contributed by atoms with Crippen LogP contribution in [-0.4, -0.2) is 71.8 Å². The van der Waals surface area contributed by atoms with Gasteiger partial charge in [0, 0.05) is 26.2 Å². The molecular weight excluding hydrogens is 502 g/mol. The third-order valence-electron chi connectivity index (χ3n) is 5.53. The summed E-state index contributed by atoms with van der Waals surface area (Å²) < 4.78 is 42.2. The predicted octanol–water partition coefficient (Wildman–Crippen LogP) is 3.16. The molecule has 0 unspecified atom stereocenters. The van der Waals surface area contributed by atoms with Crippen molar-refractivity contribution in [2.24, 2.45) is 15.9 Å². The molecule has 0 bridgehead atoms. The van der Waals surface area contributed by atoms with Crippen molar-refractivity contribution in [2.75, 3.05) is 38.6 Å². The van der Waals surface area contributed by atoms with Crippen molar-refractivity contribution in [1.82, 2.24) is 9.88 Å². The number of carboxylic acid groups (broad SMARTS) is 1. The van der Waals surface area contributed by atoms with Gasteiger partial charge in [0.05, 0.1) is 12.8 Å². The molecule has 4 N–H and O–H groups in total. The Morgan fingerprint density at radius 3 is 2.61 bits per heavy atom. The van der Waals surface area contributed by atoms with E-state index in [4.69, 9.17) is 15.3 Å². The molecule has 198 valence electrons. The smallest absolute Gasteiger partial charge is 0.323 e. The number of rotatable bonds is 9. The number of carboxylic acids is 1. The number of amidine groups is 1. The van der Waals surface area contributed by atoms with E-state index in [9.17, 15) is 15.0 Å². The maximum Gasteiger partial charge on any atom is 0.323 e. The Morgan fingerprint density at radius 1 is 1.21 bits per heavy atom. The van der Waals surface area contributed by atoms with Gasteiger partial charge in [-0.3, -0.25) is 9.79 Å². The molecular formula is C25H24F2N6O5. The van der Waals surface area contributed by atoms with Gasteiger partial charge in [0.1, 0.15) is 23.8 Å². The Bertz CT molecular complexity index is 1430. The fourth-order valence-corrected chi connectivity index (χ4v) is 3.78. The molecule has 1 aliphatic heterocycles. The second kappa shape index (κ2) is 11.0. The maximum atomic E-state index is 15.5. The lowest BCUT2D eigenvalue weighted by Gasteiger charge is -2.21. The summed E-state index contributed by atoms with van der Waals surface area (Å²) in [6.07, 6.45) is 1.26. The van der Waals surface area contributed by atoms with Crippen LogP contribution in [0.2, 0.25) is 0 Å².